The largest absolute Gasteiger partial charge is 0.481 e. The smallest absolute Gasteiger partial charge is 0.307 e. The van der Waals surface area contributed by atoms with Gasteiger partial charge in [-0.25, -0.2) is 8.42 Å². The first-order valence-corrected chi connectivity index (χ1v) is 11.4. The zero-order valence-electron chi connectivity index (χ0n) is 16.8. The molecule has 0 bridgehead atoms. The van der Waals surface area contributed by atoms with Crippen molar-refractivity contribution < 1.29 is 23.1 Å². The summed E-state index contributed by atoms with van der Waals surface area (Å²) < 4.78 is 26.9. The number of carboxylic acids is 1. The van der Waals surface area contributed by atoms with E-state index in [-0.39, 0.29) is 17.3 Å². The number of sulfonamides is 1. The van der Waals surface area contributed by atoms with Crippen molar-refractivity contribution in [1.82, 2.24) is 4.31 Å². The molecular weight excluding hydrogens is 404 g/mol. The number of aliphatic carboxylic acids is 1. The standard InChI is InChI=1S/C22H26N2O5S/c1-24(15-16-7-3-2-4-8-16)30(28,29)18-13-11-17(12-14-18)23-21(25)19-9-5-6-10-20(19)22(26)27/h2-4,7-8,11-14,19-20H,5-6,9-10,15H2,1H3,(H,23,25)(H,26,27)/t19?,20-/m0/s1. The number of carbonyl (C=O) groups is 2. The molecule has 2 atom stereocenters. The van der Waals surface area contributed by atoms with Gasteiger partial charge in [0.25, 0.3) is 0 Å². The molecule has 1 amide bonds. The first-order chi connectivity index (χ1) is 14.3. The van der Waals surface area contributed by atoms with Crippen LogP contribution >= 0.6 is 0 Å². The van der Waals surface area contributed by atoms with E-state index in [2.05, 4.69) is 5.32 Å². The monoisotopic (exact) mass is 430 g/mol. The molecule has 0 radical (unpaired) electrons. The predicted molar refractivity (Wildman–Crippen MR) is 113 cm³/mol. The van der Waals surface area contributed by atoms with Crippen molar-refractivity contribution in [3.05, 3.63) is 60.2 Å². The SMILES string of the molecule is CN(Cc1ccccc1)S(=O)(=O)c1ccc(NC(=O)C2CCCC[C@@H]2C(=O)O)cc1. The molecule has 0 aromatic heterocycles. The van der Waals surface area contributed by atoms with Crippen molar-refractivity contribution in [2.75, 3.05) is 12.4 Å². The van der Waals surface area contributed by atoms with Gasteiger partial charge in [0.05, 0.1) is 16.7 Å². The number of hydrogen-bond acceptors (Lipinski definition) is 4. The van der Waals surface area contributed by atoms with Crippen LogP contribution in [0.1, 0.15) is 31.2 Å². The van der Waals surface area contributed by atoms with E-state index in [1.165, 1.54) is 35.6 Å². The molecule has 30 heavy (non-hydrogen) atoms. The molecule has 1 aliphatic carbocycles. The number of hydrogen-bond donors (Lipinski definition) is 2. The zero-order valence-corrected chi connectivity index (χ0v) is 17.6. The van der Waals surface area contributed by atoms with E-state index in [0.29, 0.717) is 18.5 Å². The Morgan fingerprint density at radius 1 is 1.00 bits per heavy atom. The van der Waals surface area contributed by atoms with Crippen LogP contribution in [0.25, 0.3) is 0 Å². The summed E-state index contributed by atoms with van der Waals surface area (Å²) in [7, 11) is -2.16. The summed E-state index contributed by atoms with van der Waals surface area (Å²) >= 11 is 0. The highest BCUT2D eigenvalue weighted by atomic mass is 32.2. The third kappa shape index (κ3) is 5.06. The molecule has 2 aromatic carbocycles. The summed E-state index contributed by atoms with van der Waals surface area (Å²) in [6.07, 6.45) is 2.68. The number of benzene rings is 2. The maximum absolute atomic E-state index is 12.8. The molecule has 1 aliphatic rings. The molecule has 1 fully saturated rings. The number of rotatable bonds is 7. The lowest BCUT2D eigenvalue weighted by atomic mass is 9.78. The topological polar surface area (TPSA) is 104 Å². The molecule has 0 saturated heterocycles. The molecule has 2 N–H and O–H groups in total. The minimum Gasteiger partial charge on any atom is -0.481 e. The highest BCUT2D eigenvalue weighted by Gasteiger charge is 2.35. The van der Waals surface area contributed by atoms with Crippen LogP contribution in [0, 0.1) is 11.8 Å². The van der Waals surface area contributed by atoms with E-state index >= 15 is 0 Å². The van der Waals surface area contributed by atoms with Crippen LogP contribution in [0.3, 0.4) is 0 Å². The molecule has 7 nitrogen and oxygen atoms in total. The molecule has 1 saturated carbocycles. The lowest BCUT2D eigenvalue weighted by Gasteiger charge is -2.27. The maximum Gasteiger partial charge on any atom is 0.307 e. The molecule has 3 rings (SSSR count). The van der Waals surface area contributed by atoms with E-state index in [1.807, 2.05) is 30.3 Å². The van der Waals surface area contributed by atoms with Gasteiger partial charge in [0.15, 0.2) is 0 Å². The fourth-order valence-corrected chi connectivity index (χ4v) is 4.95. The normalized spacial score (nSPS) is 19.4. The van der Waals surface area contributed by atoms with Crippen LogP contribution in [0.5, 0.6) is 0 Å². The van der Waals surface area contributed by atoms with Gasteiger partial charge in [0, 0.05) is 19.3 Å². The summed E-state index contributed by atoms with van der Waals surface area (Å²) in [6.45, 7) is 0.250. The number of nitrogens with zero attached hydrogens (tertiary/aromatic N) is 1. The van der Waals surface area contributed by atoms with Crippen molar-refractivity contribution in [2.24, 2.45) is 11.8 Å². The van der Waals surface area contributed by atoms with Crippen molar-refractivity contribution in [3.63, 3.8) is 0 Å². The fraction of sp³-hybridized carbons (Fsp3) is 0.364. The second-order valence-corrected chi connectivity index (χ2v) is 9.64. The van der Waals surface area contributed by atoms with Gasteiger partial charge < -0.3 is 10.4 Å². The van der Waals surface area contributed by atoms with Gasteiger partial charge in [-0.05, 0) is 42.7 Å². The van der Waals surface area contributed by atoms with Crippen molar-refractivity contribution in [2.45, 2.75) is 37.1 Å². The fourth-order valence-electron chi connectivity index (χ4n) is 3.79. The minimum absolute atomic E-state index is 0.125. The Hall–Kier alpha value is -2.71. The Bertz CT molecular complexity index is 990. The van der Waals surface area contributed by atoms with Crippen LogP contribution < -0.4 is 5.32 Å². The Morgan fingerprint density at radius 3 is 2.20 bits per heavy atom. The maximum atomic E-state index is 12.8. The van der Waals surface area contributed by atoms with Gasteiger partial charge >= 0.3 is 5.97 Å². The molecule has 8 heteroatoms. The summed E-state index contributed by atoms with van der Waals surface area (Å²) in [4.78, 5) is 24.1. The summed E-state index contributed by atoms with van der Waals surface area (Å²) in [5, 5.41) is 12.1. The third-order valence-electron chi connectivity index (χ3n) is 5.50. The van der Waals surface area contributed by atoms with Gasteiger partial charge in [0.2, 0.25) is 15.9 Å². The van der Waals surface area contributed by atoms with Crippen molar-refractivity contribution >= 4 is 27.6 Å². The molecular formula is C22H26N2O5S. The molecule has 1 unspecified atom stereocenters. The lowest BCUT2D eigenvalue weighted by molar-refractivity contribution is -0.147. The molecule has 2 aromatic rings. The van der Waals surface area contributed by atoms with Crippen LogP contribution in [0.15, 0.2) is 59.5 Å². The van der Waals surface area contributed by atoms with Gasteiger partial charge in [-0.15, -0.1) is 0 Å². The van der Waals surface area contributed by atoms with Crippen LogP contribution in [-0.4, -0.2) is 36.8 Å². The van der Waals surface area contributed by atoms with Crippen molar-refractivity contribution in [1.29, 1.82) is 0 Å². The predicted octanol–water partition coefficient (Wildman–Crippen LogP) is 3.34. The first-order valence-electron chi connectivity index (χ1n) is 9.93. The molecule has 0 spiro atoms. The van der Waals surface area contributed by atoms with Crippen LogP contribution in [-0.2, 0) is 26.2 Å². The molecule has 160 valence electrons. The van der Waals surface area contributed by atoms with E-state index in [9.17, 15) is 23.1 Å². The lowest BCUT2D eigenvalue weighted by Crippen LogP contribution is -2.36. The Balaban J connectivity index is 1.68. The van der Waals surface area contributed by atoms with E-state index in [1.54, 1.807) is 0 Å². The number of carboxylic acid groups (broad SMARTS) is 1. The first kappa shape index (κ1) is 22.0. The van der Waals surface area contributed by atoms with Crippen LogP contribution in [0.2, 0.25) is 0 Å². The van der Waals surface area contributed by atoms with E-state index < -0.39 is 27.8 Å². The summed E-state index contributed by atoms with van der Waals surface area (Å²) in [5.74, 6) is -2.53. The van der Waals surface area contributed by atoms with E-state index in [0.717, 1.165) is 18.4 Å². The average Bonchev–Trinajstić information content (AvgIpc) is 2.74. The molecule has 0 aliphatic heterocycles. The van der Waals surface area contributed by atoms with Gasteiger partial charge in [-0.2, -0.15) is 4.31 Å². The second-order valence-electron chi connectivity index (χ2n) is 7.60. The Labute approximate surface area is 176 Å². The average molecular weight is 431 g/mol. The third-order valence-corrected chi connectivity index (χ3v) is 7.32. The Kier molecular flexibility index (Phi) is 6.89. The number of amides is 1. The minimum atomic E-state index is -3.68. The van der Waals surface area contributed by atoms with Crippen LogP contribution in [0.4, 0.5) is 5.69 Å². The summed E-state index contributed by atoms with van der Waals surface area (Å²) in [6, 6.07) is 15.3. The van der Waals surface area contributed by atoms with Crippen molar-refractivity contribution in [3.8, 4) is 0 Å². The summed E-state index contributed by atoms with van der Waals surface area (Å²) in [5.41, 5.74) is 1.33. The highest BCUT2D eigenvalue weighted by molar-refractivity contribution is 7.89. The van der Waals surface area contributed by atoms with Gasteiger partial charge in [-0.1, -0.05) is 43.2 Å². The zero-order chi connectivity index (χ0) is 21.7. The number of nitrogens with one attached hydrogen (secondary N) is 1. The van der Waals surface area contributed by atoms with E-state index in [4.69, 9.17) is 0 Å². The molecule has 0 heterocycles. The van der Waals surface area contributed by atoms with Gasteiger partial charge in [-0.3, -0.25) is 9.59 Å². The Morgan fingerprint density at radius 2 is 1.60 bits per heavy atom. The second kappa shape index (κ2) is 9.40. The highest BCUT2D eigenvalue weighted by Crippen LogP contribution is 2.31. The van der Waals surface area contributed by atoms with Gasteiger partial charge in [0.1, 0.15) is 0 Å². The number of carbonyl (C=O) groups excluding carboxylic acids is 1. The number of anilines is 1. The quantitative estimate of drug-likeness (QED) is 0.701.